The van der Waals surface area contributed by atoms with Crippen molar-refractivity contribution in [1.82, 2.24) is 20.2 Å². The number of amides is 1. The van der Waals surface area contributed by atoms with Gasteiger partial charge in [-0.25, -0.2) is 4.68 Å². The molecule has 1 aromatic carbocycles. The van der Waals surface area contributed by atoms with E-state index in [0.29, 0.717) is 6.42 Å². The van der Waals surface area contributed by atoms with Crippen LogP contribution in [0, 0.1) is 6.92 Å². The highest BCUT2D eigenvalue weighted by atomic mass is 16.1. The van der Waals surface area contributed by atoms with Gasteiger partial charge in [-0.1, -0.05) is 13.0 Å². The van der Waals surface area contributed by atoms with Gasteiger partial charge in [-0.15, -0.1) is 5.10 Å². The summed E-state index contributed by atoms with van der Waals surface area (Å²) in [5.74, 6) is 0.0227. The van der Waals surface area contributed by atoms with E-state index in [4.69, 9.17) is 0 Å². The van der Waals surface area contributed by atoms with Crippen LogP contribution >= 0.6 is 0 Å². The highest BCUT2D eigenvalue weighted by Gasteiger charge is 2.06. The van der Waals surface area contributed by atoms with E-state index in [9.17, 15) is 4.79 Å². The molecule has 2 rings (SSSR count). The molecular formula is C12H15N5O. The minimum absolute atomic E-state index is 0.0227. The van der Waals surface area contributed by atoms with Crippen molar-refractivity contribution in [3.8, 4) is 5.69 Å². The molecule has 0 bridgehead atoms. The Morgan fingerprint density at radius 3 is 2.94 bits per heavy atom. The molecule has 94 valence electrons. The third-order valence-electron chi connectivity index (χ3n) is 2.59. The zero-order valence-electron chi connectivity index (χ0n) is 10.4. The standard InChI is InChI=1S/C12H15N5O/c1-3-4-12(18)14-11-7-10(6-5-9(11)2)17-8-13-15-16-17/h5-8H,3-4H2,1-2H3,(H,14,18). The monoisotopic (exact) mass is 245 g/mol. The van der Waals surface area contributed by atoms with Crippen LogP contribution in [0.3, 0.4) is 0 Å². The summed E-state index contributed by atoms with van der Waals surface area (Å²) >= 11 is 0. The maximum Gasteiger partial charge on any atom is 0.224 e. The summed E-state index contributed by atoms with van der Waals surface area (Å²) in [6, 6.07) is 5.69. The van der Waals surface area contributed by atoms with Gasteiger partial charge < -0.3 is 5.32 Å². The summed E-state index contributed by atoms with van der Waals surface area (Å²) in [4.78, 5) is 11.6. The maximum absolute atomic E-state index is 11.6. The molecule has 0 saturated heterocycles. The second-order valence-electron chi connectivity index (χ2n) is 4.05. The molecule has 0 saturated carbocycles. The van der Waals surface area contributed by atoms with Crippen LogP contribution < -0.4 is 5.32 Å². The van der Waals surface area contributed by atoms with Crippen LogP contribution in [-0.4, -0.2) is 26.1 Å². The predicted molar refractivity (Wildman–Crippen MR) is 67.4 cm³/mol. The van der Waals surface area contributed by atoms with Crippen molar-refractivity contribution < 1.29 is 4.79 Å². The minimum atomic E-state index is 0.0227. The molecule has 0 fully saturated rings. The van der Waals surface area contributed by atoms with Crippen LogP contribution in [0.2, 0.25) is 0 Å². The van der Waals surface area contributed by atoms with E-state index >= 15 is 0 Å². The summed E-state index contributed by atoms with van der Waals surface area (Å²) in [7, 11) is 0. The smallest absolute Gasteiger partial charge is 0.224 e. The van der Waals surface area contributed by atoms with E-state index in [1.54, 1.807) is 4.68 Å². The first-order chi connectivity index (χ1) is 8.70. The van der Waals surface area contributed by atoms with E-state index in [0.717, 1.165) is 23.4 Å². The summed E-state index contributed by atoms with van der Waals surface area (Å²) in [5.41, 5.74) is 2.62. The Labute approximate surface area is 105 Å². The Bertz CT molecular complexity index is 535. The molecule has 1 aromatic heterocycles. The first-order valence-electron chi connectivity index (χ1n) is 5.84. The second kappa shape index (κ2) is 5.39. The molecule has 0 radical (unpaired) electrons. The first-order valence-corrected chi connectivity index (χ1v) is 5.84. The second-order valence-corrected chi connectivity index (χ2v) is 4.05. The number of aryl methyl sites for hydroxylation is 1. The van der Waals surface area contributed by atoms with Crippen molar-refractivity contribution in [2.45, 2.75) is 26.7 Å². The maximum atomic E-state index is 11.6. The van der Waals surface area contributed by atoms with E-state index in [1.807, 2.05) is 32.0 Å². The van der Waals surface area contributed by atoms with Gasteiger partial charge in [-0.05, 0) is 41.5 Å². The summed E-state index contributed by atoms with van der Waals surface area (Å²) < 4.78 is 1.55. The van der Waals surface area contributed by atoms with Crippen LogP contribution in [0.5, 0.6) is 0 Å². The van der Waals surface area contributed by atoms with Gasteiger partial charge >= 0.3 is 0 Å². The van der Waals surface area contributed by atoms with Gasteiger partial charge in [0.05, 0.1) is 5.69 Å². The van der Waals surface area contributed by atoms with E-state index < -0.39 is 0 Å². The number of rotatable bonds is 4. The summed E-state index contributed by atoms with van der Waals surface area (Å²) in [6.45, 7) is 3.93. The van der Waals surface area contributed by atoms with Crippen molar-refractivity contribution in [2.24, 2.45) is 0 Å². The predicted octanol–water partition coefficient (Wildman–Crippen LogP) is 1.71. The number of tetrazole rings is 1. The Hall–Kier alpha value is -2.24. The Morgan fingerprint density at radius 1 is 1.44 bits per heavy atom. The molecular weight excluding hydrogens is 230 g/mol. The highest BCUT2D eigenvalue weighted by Crippen LogP contribution is 2.19. The molecule has 0 spiro atoms. The molecule has 18 heavy (non-hydrogen) atoms. The van der Waals surface area contributed by atoms with Gasteiger partial charge in [0.2, 0.25) is 5.91 Å². The number of carbonyl (C=O) groups is 1. The lowest BCUT2D eigenvalue weighted by atomic mass is 10.1. The normalized spacial score (nSPS) is 10.3. The molecule has 0 atom stereocenters. The van der Waals surface area contributed by atoms with Crippen molar-refractivity contribution in [2.75, 3.05) is 5.32 Å². The summed E-state index contributed by atoms with van der Waals surface area (Å²) in [6.07, 6.45) is 2.87. The minimum Gasteiger partial charge on any atom is -0.326 e. The average Bonchev–Trinajstić information content (AvgIpc) is 2.86. The lowest BCUT2D eigenvalue weighted by Crippen LogP contribution is -2.12. The molecule has 2 aromatic rings. The lowest BCUT2D eigenvalue weighted by Gasteiger charge is -2.09. The van der Waals surface area contributed by atoms with E-state index in [-0.39, 0.29) is 5.91 Å². The van der Waals surface area contributed by atoms with E-state index in [2.05, 4.69) is 20.8 Å². The molecule has 0 aliphatic carbocycles. The van der Waals surface area contributed by atoms with Gasteiger partial charge in [0.1, 0.15) is 6.33 Å². The molecule has 0 unspecified atom stereocenters. The SMILES string of the molecule is CCCC(=O)Nc1cc(-n2cnnn2)ccc1C. The van der Waals surface area contributed by atoms with Crippen molar-refractivity contribution in [3.05, 3.63) is 30.1 Å². The number of benzene rings is 1. The number of carbonyl (C=O) groups excluding carboxylic acids is 1. The lowest BCUT2D eigenvalue weighted by molar-refractivity contribution is -0.116. The molecule has 6 nitrogen and oxygen atoms in total. The number of aromatic nitrogens is 4. The zero-order valence-corrected chi connectivity index (χ0v) is 10.4. The van der Waals surface area contributed by atoms with Gasteiger partial charge in [-0.3, -0.25) is 4.79 Å². The largest absolute Gasteiger partial charge is 0.326 e. The molecule has 6 heteroatoms. The van der Waals surface area contributed by atoms with Crippen LogP contribution in [0.15, 0.2) is 24.5 Å². The number of nitrogens with one attached hydrogen (secondary N) is 1. The van der Waals surface area contributed by atoms with E-state index in [1.165, 1.54) is 6.33 Å². The molecule has 1 N–H and O–H groups in total. The molecule has 0 aliphatic rings. The van der Waals surface area contributed by atoms with Gasteiger partial charge in [-0.2, -0.15) is 0 Å². The summed E-state index contributed by atoms with van der Waals surface area (Å²) in [5, 5.41) is 13.9. The molecule has 0 aliphatic heterocycles. The third kappa shape index (κ3) is 2.71. The van der Waals surface area contributed by atoms with Crippen molar-refractivity contribution in [3.63, 3.8) is 0 Å². The van der Waals surface area contributed by atoms with Crippen LogP contribution in [0.25, 0.3) is 5.69 Å². The third-order valence-corrected chi connectivity index (χ3v) is 2.59. The molecule has 1 amide bonds. The fourth-order valence-electron chi connectivity index (χ4n) is 1.61. The molecule has 1 heterocycles. The van der Waals surface area contributed by atoms with Crippen LogP contribution in [-0.2, 0) is 4.79 Å². The Balaban J connectivity index is 2.24. The van der Waals surface area contributed by atoms with Crippen molar-refractivity contribution in [1.29, 1.82) is 0 Å². The average molecular weight is 245 g/mol. The topological polar surface area (TPSA) is 72.7 Å². The Kier molecular flexibility index (Phi) is 3.66. The van der Waals surface area contributed by atoms with Crippen molar-refractivity contribution >= 4 is 11.6 Å². The number of anilines is 1. The fraction of sp³-hybridized carbons (Fsp3) is 0.333. The fourth-order valence-corrected chi connectivity index (χ4v) is 1.61. The van der Waals surface area contributed by atoms with Crippen LogP contribution in [0.1, 0.15) is 25.3 Å². The number of nitrogens with zero attached hydrogens (tertiary/aromatic N) is 4. The van der Waals surface area contributed by atoms with Crippen LogP contribution in [0.4, 0.5) is 5.69 Å². The highest BCUT2D eigenvalue weighted by molar-refractivity contribution is 5.91. The quantitative estimate of drug-likeness (QED) is 0.890. The number of hydrogen-bond donors (Lipinski definition) is 1. The first kappa shape index (κ1) is 12.2. The Morgan fingerprint density at radius 2 is 2.28 bits per heavy atom. The number of hydrogen-bond acceptors (Lipinski definition) is 4. The zero-order chi connectivity index (χ0) is 13.0. The van der Waals surface area contributed by atoms with Gasteiger partial charge in [0, 0.05) is 12.1 Å². The van der Waals surface area contributed by atoms with Gasteiger partial charge in [0.15, 0.2) is 0 Å². The van der Waals surface area contributed by atoms with Gasteiger partial charge in [0.25, 0.3) is 0 Å².